The van der Waals surface area contributed by atoms with E-state index < -0.39 is 95.4 Å². The van der Waals surface area contributed by atoms with Crippen LogP contribution in [0.4, 0.5) is 17.8 Å². The van der Waals surface area contributed by atoms with E-state index in [1.807, 2.05) is 93.1 Å². The standard InChI is InChI=1S/C94H131N17O19/c1-59-17-10-9-11-18-60(2)78(121-7)51-71-25-22-64(6)94(120,130-71)87(117)90(118)110-30-14-12-21-74(110)91(119)128-79(52-75(112)61(3)46-63(5)85(115)86(116)84(114)62(4)45-59)72(95)48-65-23-26-77(80(49-65)122-8)127-57-66-19-16-20-67(47-66)69-53-99-93(100-54-69)108-34-32-107(33-35-108)55-70-56-109(106-104-70)36-38-124-40-42-126-44-43-125-41-39-123-37-28-81(113)98-29-13-15-31-111-89-82(88(96)101-58-102-89)83(105-111)68-24-27-76-73(50-68)103-92(97)129-76/h9-11,16-20,24,27,46-47,50,53-54,56,58-59,61-62,64-65,71-72,74,77-80,85-86,115-116,120H,12-15,21-23,25-26,28-45,48-49,51-52,55,57,95H2,1-8H3,(H2,97,103)(H,98,113)(H2,96,101,102)/b11-9?,17-10+,60-18?,63-46+/t59?,61?,62?,64-,65?,71+,72-,74?,77?,78?,79+,80-,85?,86+,94-/m1/s1. The molecule has 1 saturated carbocycles. The van der Waals surface area contributed by atoms with Crippen LogP contribution in [0.15, 0.2) is 119 Å². The Morgan fingerprint density at radius 3 is 2.25 bits per heavy atom. The molecule has 706 valence electrons. The molecule has 15 atom stereocenters. The third-order valence-corrected chi connectivity index (χ3v) is 25.4. The molecule has 5 aromatic heterocycles. The van der Waals surface area contributed by atoms with E-state index in [4.69, 9.17) is 79.3 Å². The van der Waals surface area contributed by atoms with Crippen molar-refractivity contribution in [3.63, 3.8) is 0 Å². The summed E-state index contributed by atoms with van der Waals surface area (Å²) in [5.74, 6) is -8.11. The molecule has 2 aromatic carbocycles. The lowest BCUT2D eigenvalue weighted by atomic mass is 9.80. The number of cyclic esters (lactones) is 1. The Kier molecular flexibility index (Phi) is 36.8. The lowest BCUT2D eigenvalue weighted by Gasteiger charge is -2.42. The van der Waals surface area contributed by atoms with Crippen LogP contribution in [0.5, 0.6) is 0 Å². The number of benzene rings is 2. The number of hydrogen-bond donors (Lipinski definition) is 7. The summed E-state index contributed by atoms with van der Waals surface area (Å²) in [6, 6.07) is 11.5. The van der Waals surface area contributed by atoms with E-state index in [0.29, 0.717) is 176 Å². The second-order valence-electron chi connectivity index (χ2n) is 35.1. The number of nitrogens with one attached hydrogen (secondary N) is 1. The molecule has 0 spiro atoms. The Balaban J connectivity index is 0.537. The second kappa shape index (κ2) is 48.4. The fraction of sp³-hybridized carbons (Fsp3) is 0.596. The van der Waals surface area contributed by atoms with Gasteiger partial charge in [-0.25, -0.2) is 34.1 Å². The van der Waals surface area contributed by atoms with Gasteiger partial charge in [0.2, 0.25) is 17.6 Å². The summed E-state index contributed by atoms with van der Waals surface area (Å²) in [6.07, 6.45) is 17.7. The van der Waals surface area contributed by atoms with Crippen LogP contribution < -0.4 is 27.4 Å². The summed E-state index contributed by atoms with van der Waals surface area (Å²) < 4.78 is 62.9. The number of piperidine rings is 1. The van der Waals surface area contributed by atoms with Crippen LogP contribution in [0.1, 0.15) is 149 Å². The fourth-order valence-corrected chi connectivity index (χ4v) is 17.6. The van der Waals surface area contributed by atoms with Crippen LogP contribution in [0.25, 0.3) is 44.5 Å². The molecule has 1 aliphatic carbocycles. The molecule has 4 aliphatic heterocycles. The average molecular weight is 1800 g/mol. The third-order valence-electron chi connectivity index (χ3n) is 25.4. The minimum atomic E-state index is -2.50. The summed E-state index contributed by atoms with van der Waals surface area (Å²) in [6.45, 7) is 19.1. The lowest BCUT2D eigenvalue weighted by molar-refractivity contribution is -0.265. The molecule has 12 rings (SSSR count). The number of allylic oxidation sites excluding steroid dienone is 6. The first-order chi connectivity index (χ1) is 62.7. The number of Topliss-reactive ketones (excluding diaryl/α,β-unsaturated/α-hetero) is 3. The molecule has 2 bridgehead atoms. The molecule has 36 nitrogen and oxygen atoms in total. The summed E-state index contributed by atoms with van der Waals surface area (Å²) in [7, 11) is 3.20. The van der Waals surface area contributed by atoms with Crippen LogP contribution in [0.3, 0.4) is 0 Å². The summed E-state index contributed by atoms with van der Waals surface area (Å²) >= 11 is 0. The molecular weight excluding hydrogens is 1670 g/mol. The van der Waals surface area contributed by atoms with E-state index in [1.54, 1.807) is 50.4 Å². The number of ether oxygens (including phenoxy) is 9. The zero-order valence-corrected chi connectivity index (χ0v) is 76.2. The molecule has 2 amide bonds. The average Bonchev–Trinajstić information content (AvgIpc) is 0.917. The van der Waals surface area contributed by atoms with Crippen molar-refractivity contribution in [2.75, 3.05) is 123 Å². The number of nitrogen functional groups attached to an aromatic ring is 2. The predicted molar refractivity (Wildman–Crippen MR) is 484 cm³/mol. The summed E-state index contributed by atoms with van der Waals surface area (Å²) in [4.78, 5) is 113. The topological polar surface area (TPSA) is 472 Å². The van der Waals surface area contributed by atoms with Crippen molar-refractivity contribution >= 4 is 75.0 Å². The van der Waals surface area contributed by atoms with E-state index in [-0.39, 0.29) is 80.4 Å². The molecule has 9 heterocycles. The van der Waals surface area contributed by atoms with Crippen molar-refractivity contribution in [1.29, 1.82) is 0 Å². The highest BCUT2D eigenvalue weighted by Gasteiger charge is 2.53. The van der Waals surface area contributed by atoms with Crippen LogP contribution >= 0.6 is 0 Å². The van der Waals surface area contributed by atoms with Gasteiger partial charge >= 0.3 is 5.97 Å². The van der Waals surface area contributed by atoms with Gasteiger partial charge in [0.25, 0.3) is 17.7 Å². The van der Waals surface area contributed by atoms with Crippen LogP contribution in [-0.4, -0.2) is 277 Å². The van der Waals surface area contributed by atoms with Gasteiger partial charge in [-0.2, -0.15) is 10.1 Å². The molecule has 8 unspecified atom stereocenters. The first kappa shape index (κ1) is 99.0. The molecule has 130 heavy (non-hydrogen) atoms. The number of oxazole rings is 1. The third kappa shape index (κ3) is 27.1. The van der Waals surface area contributed by atoms with Gasteiger partial charge in [-0.05, 0) is 149 Å². The molecule has 4 fully saturated rings. The maximum atomic E-state index is 14.8. The Labute approximate surface area is 758 Å². The van der Waals surface area contributed by atoms with Gasteiger partial charge in [-0.3, -0.25) is 28.9 Å². The maximum Gasteiger partial charge on any atom is 0.329 e. The Morgan fingerprint density at radius 2 is 1.50 bits per heavy atom. The number of aryl methyl sites for hydroxylation is 1. The van der Waals surface area contributed by atoms with Crippen molar-refractivity contribution in [2.24, 2.45) is 35.3 Å². The van der Waals surface area contributed by atoms with E-state index in [1.165, 1.54) is 19.3 Å². The van der Waals surface area contributed by atoms with E-state index in [9.17, 15) is 44.1 Å². The molecule has 5 aliphatic rings. The van der Waals surface area contributed by atoms with Crippen molar-refractivity contribution in [1.82, 2.24) is 64.8 Å². The molecule has 3 saturated heterocycles. The number of fused-ring (bicyclic) bond motifs is 5. The smallest absolute Gasteiger partial charge is 0.329 e. The van der Waals surface area contributed by atoms with Crippen molar-refractivity contribution in [3.8, 4) is 22.4 Å². The monoisotopic (exact) mass is 1800 g/mol. The number of anilines is 3. The molecule has 0 radical (unpaired) electrons. The van der Waals surface area contributed by atoms with E-state index in [0.717, 1.165) is 77.4 Å². The first-order valence-electron chi connectivity index (χ1n) is 45.7. The minimum Gasteiger partial charge on any atom is -0.459 e. The predicted octanol–water partition coefficient (Wildman–Crippen LogP) is 7.98. The number of methoxy groups -OCH3 is 2. The van der Waals surface area contributed by atoms with Crippen molar-refractivity contribution in [2.45, 2.75) is 225 Å². The Morgan fingerprint density at radius 1 is 0.746 bits per heavy atom. The van der Waals surface area contributed by atoms with Crippen LogP contribution in [0.2, 0.25) is 0 Å². The van der Waals surface area contributed by atoms with E-state index in [2.05, 4.69) is 46.4 Å². The normalized spacial score (nSPS) is 26.4. The highest BCUT2D eigenvalue weighted by molar-refractivity contribution is 6.39. The Hall–Kier alpha value is -10.1. The van der Waals surface area contributed by atoms with Crippen LogP contribution in [0, 0.1) is 29.6 Å². The van der Waals surface area contributed by atoms with Gasteiger partial charge in [-0.15, -0.1) is 5.10 Å². The number of ketones is 3. The molecule has 7 aromatic rings. The fourth-order valence-electron chi connectivity index (χ4n) is 17.6. The number of unbranched alkanes of at least 4 members (excludes halogenated alkanes) is 1. The van der Waals surface area contributed by atoms with Gasteiger partial charge < -0.3 is 94.7 Å². The summed E-state index contributed by atoms with van der Waals surface area (Å²) in [5.41, 5.74) is 27.0. The quantitative estimate of drug-likeness (QED) is 0.00886. The van der Waals surface area contributed by atoms with E-state index >= 15 is 0 Å². The lowest BCUT2D eigenvalue weighted by Crippen LogP contribution is -2.61. The largest absolute Gasteiger partial charge is 0.459 e. The number of rotatable bonds is 33. The zero-order chi connectivity index (χ0) is 92.4. The zero-order valence-electron chi connectivity index (χ0n) is 76.2. The SMILES string of the molecule is COC1C[C@@H]2CC[C@@H](C)[C@@](O)(O2)C(=O)C(=O)N2CCCCC2C(=O)O[C@H]([C@H](N)CC2CCC(OCc3cccc(-c4cnc(N5CCN(Cc6cn(CCOCCOCCOCCOCCC(=O)NCCCCn7nc(-c8ccc9oc(N)nc9c8)c8c(N)ncnc87)nn6)CC5)nc4)c3)[C@H](OC)C2)CC(=O)C(C)/C=C(\C)C(O)[C@@H](O)C(=O)C(C)CC(C)/C=C/C=CC=C1C. The van der Waals surface area contributed by atoms with Gasteiger partial charge in [0.1, 0.15) is 53.5 Å². The van der Waals surface area contributed by atoms with Gasteiger partial charge in [0.05, 0.1) is 102 Å². The number of nitrogens with zero attached hydrogens (tertiary/aromatic N) is 13. The van der Waals surface area contributed by atoms with Gasteiger partial charge in [-0.1, -0.05) is 87.6 Å². The highest BCUT2D eigenvalue weighted by atomic mass is 16.6. The second-order valence-corrected chi connectivity index (χ2v) is 35.1. The number of esters is 1. The number of aliphatic hydroxyl groups is 3. The maximum absolute atomic E-state index is 14.8. The minimum absolute atomic E-state index is 0.0192. The number of hydrogen-bond acceptors (Lipinski definition) is 32. The number of carbonyl (C=O) groups is 6. The molecular formula is C94H131N17O19. The number of carbonyl (C=O) groups excluding carboxylic acids is 6. The highest BCUT2D eigenvalue weighted by Crippen LogP contribution is 2.39. The number of nitrogens with two attached hydrogens (primary N) is 3. The Bertz CT molecular complexity index is 5010. The number of aromatic nitrogens is 10. The van der Waals surface area contributed by atoms with Gasteiger partial charge in [0.15, 0.2) is 17.0 Å². The number of piperazine rings is 1. The van der Waals surface area contributed by atoms with Gasteiger partial charge in [0, 0.05) is 139 Å². The first-order valence-corrected chi connectivity index (χ1v) is 45.7. The molecule has 36 heteroatoms. The van der Waals surface area contributed by atoms with Crippen molar-refractivity contribution in [3.05, 3.63) is 126 Å². The number of amides is 2. The number of aliphatic hydroxyl groups excluding tert-OH is 2. The summed E-state index contributed by atoms with van der Waals surface area (Å²) in [5, 5.41) is 52.0. The molecule has 10 N–H and O–H groups in total. The van der Waals surface area contributed by atoms with Crippen LogP contribution in [-0.2, 0) is 97.6 Å². The van der Waals surface area contributed by atoms with Crippen molar-refractivity contribution < 1.29 is 91.1 Å².